The summed E-state index contributed by atoms with van der Waals surface area (Å²) >= 11 is 0. The number of nitrogens with one attached hydrogen (secondary N) is 1. The van der Waals surface area contributed by atoms with E-state index in [9.17, 15) is 13.0 Å². The molecule has 92 valence electrons. The Morgan fingerprint density at radius 1 is 1.47 bits per heavy atom. The fourth-order valence-electron chi connectivity index (χ4n) is 1.14. The molecule has 0 aromatic heterocycles. The maximum Gasteiger partial charge on any atom is 0.183 e. The molecule has 1 aromatic carbocycles. The molecule has 0 radical (unpaired) electrons. The van der Waals surface area contributed by atoms with Gasteiger partial charge in [-0.15, -0.1) is 0 Å². The molecule has 17 heavy (non-hydrogen) atoms. The summed E-state index contributed by atoms with van der Waals surface area (Å²) < 4.78 is 37.8. The molecular weight excluding hydrogens is 246 g/mol. The van der Waals surface area contributed by atoms with Crippen molar-refractivity contribution in [3.05, 3.63) is 29.3 Å². The zero-order valence-corrected chi connectivity index (χ0v) is 10.3. The highest BCUT2D eigenvalue weighted by atomic mass is 32.2. The third kappa shape index (κ3) is 3.24. The Morgan fingerprint density at radius 2 is 2.12 bits per heavy atom. The maximum absolute atomic E-state index is 13.4. The highest BCUT2D eigenvalue weighted by Crippen LogP contribution is 2.20. The number of benzene rings is 1. The first kappa shape index (κ1) is 13.6. The van der Waals surface area contributed by atoms with Crippen LogP contribution < -0.4 is 5.32 Å². The molecule has 0 amide bonds. The van der Waals surface area contributed by atoms with Gasteiger partial charge in [0, 0.05) is 28.9 Å². The molecule has 0 bridgehead atoms. The number of hydrogen-bond donors (Lipinski definition) is 1. The number of hydrogen-bond acceptors (Lipinski definition) is 3. The molecule has 1 N–H and O–H groups in total. The van der Waals surface area contributed by atoms with Gasteiger partial charge in [-0.25, -0.2) is 8.78 Å². The number of nitrogens with zero attached hydrogens (tertiary/aromatic N) is 1. The zero-order valence-electron chi connectivity index (χ0n) is 9.46. The minimum atomic E-state index is -1.16. The lowest BCUT2D eigenvalue weighted by atomic mass is 10.2. The van der Waals surface area contributed by atoms with E-state index in [1.54, 1.807) is 19.2 Å². The van der Waals surface area contributed by atoms with E-state index >= 15 is 0 Å². The molecule has 6 heteroatoms. The fraction of sp³-hybridized carbons (Fsp3) is 0.364. The molecule has 2 atom stereocenters. The molecule has 0 saturated carbocycles. The van der Waals surface area contributed by atoms with E-state index in [1.165, 1.54) is 12.1 Å². The zero-order chi connectivity index (χ0) is 13.0. The van der Waals surface area contributed by atoms with E-state index in [0.717, 1.165) is 0 Å². The Kier molecular flexibility index (Phi) is 4.58. The van der Waals surface area contributed by atoms with Crippen LogP contribution in [0.1, 0.15) is 12.5 Å². The molecule has 0 fully saturated rings. The smallest absolute Gasteiger partial charge is 0.183 e. The second kappa shape index (κ2) is 5.73. The van der Waals surface area contributed by atoms with Crippen molar-refractivity contribution in [1.29, 1.82) is 5.26 Å². The second-order valence-corrected chi connectivity index (χ2v) is 5.39. The quantitative estimate of drug-likeness (QED) is 0.898. The van der Waals surface area contributed by atoms with E-state index in [4.69, 9.17) is 5.26 Å². The summed E-state index contributed by atoms with van der Waals surface area (Å²) in [5.41, 5.74) is -0.362. The largest absolute Gasteiger partial charge is 0.381 e. The first-order valence-corrected chi connectivity index (χ1v) is 6.53. The highest BCUT2D eigenvalue weighted by molar-refractivity contribution is 7.84. The summed E-state index contributed by atoms with van der Waals surface area (Å²) in [6.07, 6.45) is 1.54. The molecule has 0 aliphatic heterocycles. The minimum Gasteiger partial charge on any atom is -0.381 e. The van der Waals surface area contributed by atoms with E-state index in [-0.39, 0.29) is 23.0 Å². The van der Waals surface area contributed by atoms with Crippen molar-refractivity contribution in [1.82, 2.24) is 0 Å². The Bertz CT molecular complexity index is 485. The van der Waals surface area contributed by atoms with Crippen molar-refractivity contribution in [2.75, 3.05) is 18.1 Å². The molecule has 3 nitrogen and oxygen atoms in total. The van der Waals surface area contributed by atoms with Crippen LogP contribution in [-0.4, -0.2) is 22.3 Å². The lowest BCUT2D eigenvalue weighted by molar-refractivity contribution is 0.508. The SMILES string of the molecule is CC(CNc1ccc(C#N)c(F)c1F)S(C)=O. The standard InChI is InChI=1S/C11H12F2N2OS/c1-7(17(2)16)6-15-9-4-3-8(5-14)10(12)11(9)13/h3-4,7,15H,6H2,1-2H3. The number of rotatable bonds is 4. The maximum atomic E-state index is 13.4. The van der Waals surface area contributed by atoms with Crippen LogP contribution in [0.2, 0.25) is 0 Å². The monoisotopic (exact) mass is 258 g/mol. The first-order valence-electron chi connectivity index (χ1n) is 4.91. The number of nitriles is 1. The van der Waals surface area contributed by atoms with Crippen LogP contribution in [0.25, 0.3) is 0 Å². The van der Waals surface area contributed by atoms with Crippen LogP contribution in [0.5, 0.6) is 0 Å². The minimum absolute atomic E-state index is 0.0289. The van der Waals surface area contributed by atoms with Crippen molar-refractivity contribution in [3.8, 4) is 6.07 Å². The summed E-state index contributed by atoms with van der Waals surface area (Å²) in [5, 5.41) is 11.0. The van der Waals surface area contributed by atoms with Crippen molar-refractivity contribution in [3.63, 3.8) is 0 Å². The molecular formula is C11H12F2N2OS. The lowest BCUT2D eigenvalue weighted by Gasteiger charge is -2.12. The van der Waals surface area contributed by atoms with Gasteiger partial charge in [-0.3, -0.25) is 4.21 Å². The van der Waals surface area contributed by atoms with Gasteiger partial charge in [-0.2, -0.15) is 5.26 Å². The topological polar surface area (TPSA) is 52.9 Å². The van der Waals surface area contributed by atoms with Gasteiger partial charge in [0.25, 0.3) is 0 Å². The van der Waals surface area contributed by atoms with E-state index in [2.05, 4.69) is 5.32 Å². The number of anilines is 1. The summed E-state index contributed by atoms with van der Waals surface area (Å²) in [6.45, 7) is 2.01. The predicted octanol–water partition coefficient (Wildman–Crippen LogP) is 2.02. The van der Waals surface area contributed by atoms with Crippen molar-refractivity contribution in [2.24, 2.45) is 0 Å². The lowest BCUT2D eigenvalue weighted by Crippen LogP contribution is -2.21. The molecule has 2 unspecified atom stereocenters. The Hall–Kier alpha value is -1.48. The molecule has 1 aromatic rings. The van der Waals surface area contributed by atoms with Crippen LogP contribution in [0.15, 0.2) is 12.1 Å². The van der Waals surface area contributed by atoms with Gasteiger partial charge in [0.05, 0.1) is 11.3 Å². The van der Waals surface area contributed by atoms with Gasteiger partial charge >= 0.3 is 0 Å². The Morgan fingerprint density at radius 3 is 2.65 bits per heavy atom. The van der Waals surface area contributed by atoms with Gasteiger partial charge in [0.15, 0.2) is 11.6 Å². The molecule has 0 aliphatic rings. The van der Waals surface area contributed by atoms with E-state index < -0.39 is 22.4 Å². The van der Waals surface area contributed by atoms with Crippen LogP contribution in [0.4, 0.5) is 14.5 Å². The molecule has 0 heterocycles. The van der Waals surface area contributed by atoms with Gasteiger partial charge in [-0.05, 0) is 19.1 Å². The van der Waals surface area contributed by atoms with Crippen molar-refractivity contribution >= 4 is 16.5 Å². The Balaban J connectivity index is 2.84. The summed E-state index contributed by atoms with van der Waals surface area (Å²) in [4.78, 5) is 0. The van der Waals surface area contributed by atoms with E-state index in [0.29, 0.717) is 0 Å². The van der Waals surface area contributed by atoms with Crippen LogP contribution in [0.3, 0.4) is 0 Å². The van der Waals surface area contributed by atoms with Crippen molar-refractivity contribution < 1.29 is 13.0 Å². The number of halogens is 2. The van der Waals surface area contributed by atoms with Crippen molar-refractivity contribution in [2.45, 2.75) is 12.2 Å². The van der Waals surface area contributed by atoms with Gasteiger partial charge in [0.2, 0.25) is 0 Å². The van der Waals surface area contributed by atoms with Gasteiger partial charge in [0.1, 0.15) is 6.07 Å². The summed E-state index contributed by atoms with van der Waals surface area (Å²) in [5.74, 6) is -2.25. The predicted molar refractivity (Wildman–Crippen MR) is 63.1 cm³/mol. The average molecular weight is 258 g/mol. The van der Waals surface area contributed by atoms with Gasteiger partial charge < -0.3 is 5.32 Å². The van der Waals surface area contributed by atoms with E-state index in [1.807, 2.05) is 0 Å². The fourth-order valence-corrected chi connectivity index (χ4v) is 1.46. The third-order valence-electron chi connectivity index (χ3n) is 2.35. The van der Waals surface area contributed by atoms with Crippen LogP contribution >= 0.6 is 0 Å². The van der Waals surface area contributed by atoms with Crippen LogP contribution in [-0.2, 0) is 10.8 Å². The van der Waals surface area contributed by atoms with Gasteiger partial charge in [-0.1, -0.05) is 0 Å². The second-order valence-electron chi connectivity index (χ2n) is 3.59. The normalized spacial score (nSPS) is 13.8. The molecule has 0 saturated heterocycles. The summed E-state index contributed by atoms with van der Waals surface area (Å²) in [6, 6.07) is 4.05. The molecule has 0 spiro atoms. The third-order valence-corrected chi connectivity index (χ3v) is 3.65. The molecule has 0 aliphatic carbocycles. The molecule has 1 rings (SSSR count). The summed E-state index contributed by atoms with van der Waals surface area (Å²) in [7, 11) is -1.03. The Labute approximate surface area is 101 Å². The highest BCUT2D eigenvalue weighted by Gasteiger charge is 2.14. The van der Waals surface area contributed by atoms with Crippen LogP contribution in [0, 0.1) is 23.0 Å². The first-order chi connectivity index (χ1) is 7.97. The average Bonchev–Trinajstić information content (AvgIpc) is 2.30.